The quantitative estimate of drug-likeness (QED) is 0.841. The molecule has 0 unspecified atom stereocenters. The van der Waals surface area contributed by atoms with Gasteiger partial charge < -0.3 is 15.5 Å². The van der Waals surface area contributed by atoms with Gasteiger partial charge in [0.1, 0.15) is 5.82 Å². The molecule has 4 nitrogen and oxygen atoms in total. The number of hydrogen-bond donors (Lipinski definition) is 2. The van der Waals surface area contributed by atoms with Gasteiger partial charge in [-0.05, 0) is 41.4 Å². The number of hydrogen-bond acceptors (Lipinski definition) is 3. The second-order valence-corrected chi connectivity index (χ2v) is 6.67. The summed E-state index contributed by atoms with van der Waals surface area (Å²) in [5.74, 6) is 1.56. The average Bonchev–Trinajstić information content (AvgIpc) is 2.97. The van der Waals surface area contributed by atoms with Crippen LogP contribution in [0.5, 0.6) is 0 Å². The molecule has 0 aliphatic carbocycles. The van der Waals surface area contributed by atoms with Gasteiger partial charge in [-0.15, -0.1) is 0 Å². The molecule has 120 valence electrons. The van der Waals surface area contributed by atoms with Crippen LogP contribution in [0.25, 0.3) is 0 Å². The van der Waals surface area contributed by atoms with E-state index in [1.165, 1.54) is 11.1 Å². The van der Waals surface area contributed by atoms with Crippen molar-refractivity contribution in [3.05, 3.63) is 53.7 Å². The molecule has 1 aromatic heterocycles. The standard InChI is InChI=1S/C18H22N4S/c1-13(2)9-20-18(23)21-16-7-8-17(19-10-16)22-11-14-5-3-4-6-15(14)12-22/h3-8,10,13H,9,11-12H2,1-2H3,(H2,20,21,23). The van der Waals surface area contributed by atoms with Crippen LogP contribution in [0.4, 0.5) is 11.5 Å². The molecule has 0 bridgehead atoms. The highest BCUT2D eigenvalue weighted by molar-refractivity contribution is 7.80. The van der Waals surface area contributed by atoms with Crippen LogP contribution < -0.4 is 15.5 Å². The number of fused-ring (bicyclic) bond motifs is 1. The van der Waals surface area contributed by atoms with Crippen LogP contribution in [0, 0.1) is 5.92 Å². The molecule has 0 spiro atoms. The SMILES string of the molecule is CC(C)CNC(=S)Nc1ccc(N2Cc3ccccc3C2)nc1. The van der Waals surface area contributed by atoms with Crippen LogP contribution in [0.15, 0.2) is 42.6 Å². The van der Waals surface area contributed by atoms with E-state index in [2.05, 4.69) is 58.6 Å². The fraction of sp³-hybridized carbons (Fsp3) is 0.333. The molecule has 3 rings (SSSR count). The Balaban J connectivity index is 1.59. The fourth-order valence-corrected chi connectivity index (χ4v) is 2.82. The largest absolute Gasteiger partial charge is 0.362 e. The summed E-state index contributed by atoms with van der Waals surface area (Å²) in [4.78, 5) is 6.85. The van der Waals surface area contributed by atoms with Crippen molar-refractivity contribution in [1.82, 2.24) is 10.3 Å². The molecule has 2 N–H and O–H groups in total. The second kappa shape index (κ2) is 6.96. The highest BCUT2D eigenvalue weighted by Crippen LogP contribution is 2.27. The van der Waals surface area contributed by atoms with E-state index in [0.29, 0.717) is 11.0 Å². The predicted molar refractivity (Wildman–Crippen MR) is 99.6 cm³/mol. The van der Waals surface area contributed by atoms with Crippen molar-refractivity contribution in [3.8, 4) is 0 Å². The maximum Gasteiger partial charge on any atom is 0.170 e. The van der Waals surface area contributed by atoms with E-state index < -0.39 is 0 Å². The number of anilines is 2. The van der Waals surface area contributed by atoms with Gasteiger partial charge in [0.05, 0.1) is 11.9 Å². The van der Waals surface area contributed by atoms with Gasteiger partial charge in [0, 0.05) is 19.6 Å². The summed E-state index contributed by atoms with van der Waals surface area (Å²) < 4.78 is 0. The van der Waals surface area contributed by atoms with E-state index in [-0.39, 0.29) is 0 Å². The minimum absolute atomic E-state index is 0.562. The van der Waals surface area contributed by atoms with Crippen LogP contribution in [0.2, 0.25) is 0 Å². The summed E-state index contributed by atoms with van der Waals surface area (Å²) in [6.07, 6.45) is 1.83. The molecule has 2 aromatic rings. The highest BCUT2D eigenvalue weighted by Gasteiger charge is 2.19. The number of pyridine rings is 1. The van der Waals surface area contributed by atoms with Crippen LogP contribution in [0.3, 0.4) is 0 Å². The summed E-state index contributed by atoms with van der Waals surface area (Å²) in [5, 5.41) is 7.01. The summed E-state index contributed by atoms with van der Waals surface area (Å²) in [6.45, 7) is 7.01. The Morgan fingerprint density at radius 2 is 1.87 bits per heavy atom. The molecule has 0 saturated carbocycles. The Bertz CT molecular complexity index is 657. The lowest BCUT2D eigenvalue weighted by Crippen LogP contribution is -2.31. The van der Waals surface area contributed by atoms with E-state index in [4.69, 9.17) is 12.2 Å². The molecule has 0 saturated heterocycles. The van der Waals surface area contributed by atoms with Gasteiger partial charge in [0.25, 0.3) is 0 Å². The van der Waals surface area contributed by atoms with Crippen LogP contribution in [0.1, 0.15) is 25.0 Å². The van der Waals surface area contributed by atoms with Crippen molar-refractivity contribution < 1.29 is 0 Å². The van der Waals surface area contributed by atoms with E-state index in [0.717, 1.165) is 31.1 Å². The van der Waals surface area contributed by atoms with Gasteiger partial charge in [0.15, 0.2) is 5.11 Å². The Morgan fingerprint density at radius 3 is 2.43 bits per heavy atom. The van der Waals surface area contributed by atoms with E-state index in [9.17, 15) is 0 Å². The molecule has 0 radical (unpaired) electrons. The molecule has 1 aromatic carbocycles. The molecule has 0 amide bonds. The normalized spacial score (nSPS) is 13.1. The molecule has 5 heteroatoms. The third kappa shape index (κ3) is 3.99. The number of thiocarbonyl (C=S) groups is 1. The molecule has 1 aliphatic rings. The maximum absolute atomic E-state index is 5.28. The van der Waals surface area contributed by atoms with Gasteiger partial charge >= 0.3 is 0 Å². The number of aromatic nitrogens is 1. The first kappa shape index (κ1) is 15.7. The first-order valence-corrected chi connectivity index (χ1v) is 8.35. The van der Waals surface area contributed by atoms with Gasteiger partial charge in [-0.1, -0.05) is 38.1 Å². The van der Waals surface area contributed by atoms with Gasteiger partial charge in [-0.25, -0.2) is 4.98 Å². The molecular formula is C18H22N4S. The lowest BCUT2D eigenvalue weighted by molar-refractivity contribution is 0.627. The third-order valence-electron chi connectivity index (χ3n) is 3.84. The Labute approximate surface area is 142 Å². The summed E-state index contributed by atoms with van der Waals surface area (Å²) >= 11 is 5.28. The number of nitrogens with zero attached hydrogens (tertiary/aromatic N) is 2. The van der Waals surface area contributed by atoms with E-state index in [1.54, 1.807) is 0 Å². The van der Waals surface area contributed by atoms with E-state index in [1.807, 2.05) is 18.3 Å². The molecular weight excluding hydrogens is 304 g/mol. The molecule has 2 heterocycles. The maximum atomic E-state index is 5.28. The van der Waals surface area contributed by atoms with Crippen molar-refractivity contribution in [1.29, 1.82) is 0 Å². The van der Waals surface area contributed by atoms with Crippen LogP contribution in [-0.4, -0.2) is 16.6 Å². The molecule has 0 fully saturated rings. The van der Waals surface area contributed by atoms with Crippen LogP contribution >= 0.6 is 12.2 Å². The zero-order chi connectivity index (χ0) is 16.2. The Morgan fingerprint density at radius 1 is 1.17 bits per heavy atom. The minimum Gasteiger partial charge on any atom is -0.362 e. The Hall–Kier alpha value is -2.14. The van der Waals surface area contributed by atoms with Crippen molar-refractivity contribution in [3.63, 3.8) is 0 Å². The fourth-order valence-electron chi connectivity index (χ4n) is 2.61. The van der Waals surface area contributed by atoms with Gasteiger partial charge in [-0.3, -0.25) is 0 Å². The Kier molecular flexibility index (Phi) is 4.76. The summed E-state index contributed by atoms with van der Waals surface area (Å²) in [5.41, 5.74) is 3.68. The minimum atomic E-state index is 0.562. The third-order valence-corrected chi connectivity index (χ3v) is 4.09. The average molecular weight is 326 g/mol. The second-order valence-electron chi connectivity index (χ2n) is 6.26. The lowest BCUT2D eigenvalue weighted by atomic mass is 10.1. The van der Waals surface area contributed by atoms with Crippen molar-refractivity contribution in [2.24, 2.45) is 5.92 Å². The summed E-state index contributed by atoms with van der Waals surface area (Å²) in [7, 11) is 0. The van der Waals surface area contributed by atoms with Gasteiger partial charge in [0.2, 0.25) is 0 Å². The number of nitrogens with one attached hydrogen (secondary N) is 2. The number of benzene rings is 1. The summed E-state index contributed by atoms with van der Waals surface area (Å²) in [6, 6.07) is 12.6. The topological polar surface area (TPSA) is 40.2 Å². The lowest BCUT2D eigenvalue weighted by Gasteiger charge is -2.17. The first-order chi connectivity index (χ1) is 11.1. The van der Waals surface area contributed by atoms with Gasteiger partial charge in [-0.2, -0.15) is 0 Å². The first-order valence-electron chi connectivity index (χ1n) is 7.94. The zero-order valence-corrected chi connectivity index (χ0v) is 14.4. The molecule has 1 aliphatic heterocycles. The van der Waals surface area contributed by atoms with Crippen molar-refractivity contribution in [2.75, 3.05) is 16.8 Å². The smallest absolute Gasteiger partial charge is 0.170 e. The highest BCUT2D eigenvalue weighted by atomic mass is 32.1. The van der Waals surface area contributed by atoms with E-state index >= 15 is 0 Å². The predicted octanol–water partition coefficient (Wildman–Crippen LogP) is 3.54. The number of rotatable bonds is 4. The van der Waals surface area contributed by atoms with Crippen molar-refractivity contribution >= 4 is 28.8 Å². The van der Waals surface area contributed by atoms with Crippen LogP contribution in [-0.2, 0) is 13.1 Å². The molecule has 23 heavy (non-hydrogen) atoms. The zero-order valence-electron chi connectivity index (χ0n) is 13.5. The molecule has 0 atom stereocenters. The monoisotopic (exact) mass is 326 g/mol. The van der Waals surface area contributed by atoms with Crippen molar-refractivity contribution in [2.45, 2.75) is 26.9 Å².